The van der Waals surface area contributed by atoms with Gasteiger partial charge in [-0.15, -0.1) is 0 Å². The summed E-state index contributed by atoms with van der Waals surface area (Å²) in [6.07, 6.45) is 5.31. The number of methoxy groups -OCH3 is 1. The predicted molar refractivity (Wildman–Crippen MR) is 72.5 cm³/mol. The molecule has 0 aliphatic rings. The zero-order chi connectivity index (χ0) is 13.7. The van der Waals surface area contributed by atoms with Gasteiger partial charge >= 0.3 is 0 Å². The van der Waals surface area contributed by atoms with E-state index in [-0.39, 0.29) is 6.04 Å². The van der Waals surface area contributed by atoms with E-state index in [2.05, 4.69) is 15.5 Å². The van der Waals surface area contributed by atoms with Gasteiger partial charge in [-0.1, -0.05) is 6.07 Å². The minimum absolute atomic E-state index is 0.130. The van der Waals surface area contributed by atoms with Crippen molar-refractivity contribution < 1.29 is 4.74 Å². The number of rotatable bonds is 6. The summed E-state index contributed by atoms with van der Waals surface area (Å²) in [6.45, 7) is 0. The van der Waals surface area contributed by atoms with Crippen molar-refractivity contribution in [2.75, 3.05) is 7.11 Å². The van der Waals surface area contributed by atoms with E-state index in [0.717, 1.165) is 24.1 Å². The van der Waals surface area contributed by atoms with Crippen molar-refractivity contribution in [1.29, 1.82) is 0 Å². The lowest BCUT2D eigenvalue weighted by Gasteiger charge is -2.14. The Labute approximate surface area is 112 Å². The maximum absolute atomic E-state index is 5.60. The molecule has 0 aromatic carbocycles. The highest BCUT2D eigenvalue weighted by Gasteiger charge is 2.11. The van der Waals surface area contributed by atoms with Gasteiger partial charge < -0.3 is 4.74 Å². The number of hydrogen-bond donors (Lipinski definition) is 2. The third-order valence-electron chi connectivity index (χ3n) is 2.95. The van der Waals surface area contributed by atoms with Crippen LogP contribution in [-0.4, -0.2) is 27.9 Å². The monoisotopic (exact) mass is 261 g/mol. The van der Waals surface area contributed by atoms with Crippen LogP contribution in [0.1, 0.15) is 11.3 Å². The van der Waals surface area contributed by atoms with Gasteiger partial charge in [0.2, 0.25) is 5.88 Å². The summed E-state index contributed by atoms with van der Waals surface area (Å²) in [4.78, 5) is 4.19. The fourth-order valence-corrected chi connectivity index (χ4v) is 1.95. The number of nitrogens with one attached hydrogen (secondary N) is 1. The molecule has 0 amide bonds. The van der Waals surface area contributed by atoms with Crippen LogP contribution in [-0.2, 0) is 19.9 Å². The van der Waals surface area contributed by atoms with E-state index in [1.807, 2.05) is 37.6 Å². The topological polar surface area (TPSA) is 78.0 Å². The van der Waals surface area contributed by atoms with Crippen LogP contribution in [0.25, 0.3) is 0 Å². The van der Waals surface area contributed by atoms with E-state index >= 15 is 0 Å². The Kier molecular flexibility index (Phi) is 4.48. The molecule has 0 fully saturated rings. The van der Waals surface area contributed by atoms with Gasteiger partial charge in [0.05, 0.1) is 12.8 Å². The zero-order valence-corrected chi connectivity index (χ0v) is 11.2. The molecule has 0 spiro atoms. The van der Waals surface area contributed by atoms with Crippen molar-refractivity contribution in [3.8, 4) is 5.88 Å². The quantitative estimate of drug-likeness (QED) is 0.583. The van der Waals surface area contributed by atoms with E-state index in [0.29, 0.717) is 5.88 Å². The van der Waals surface area contributed by atoms with E-state index in [1.54, 1.807) is 11.8 Å². The van der Waals surface area contributed by atoms with Crippen LogP contribution in [0.15, 0.2) is 30.6 Å². The Morgan fingerprint density at radius 1 is 1.37 bits per heavy atom. The van der Waals surface area contributed by atoms with Gasteiger partial charge in [0.1, 0.15) is 0 Å². The number of hydrogen-bond acceptors (Lipinski definition) is 5. The lowest BCUT2D eigenvalue weighted by Crippen LogP contribution is -2.38. The normalized spacial score (nSPS) is 12.4. The molecule has 3 N–H and O–H groups in total. The summed E-state index contributed by atoms with van der Waals surface area (Å²) in [5.74, 6) is 6.22. The lowest BCUT2D eigenvalue weighted by atomic mass is 10.0. The van der Waals surface area contributed by atoms with Crippen molar-refractivity contribution in [2.45, 2.75) is 18.9 Å². The second-order valence-corrected chi connectivity index (χ2v) is 4.46. The molecule has 6 heteroatoms. The first-order valence-electron chi connectivity index (χ1n) is 6.15. The van der Waals surface area contributed by atoms with Crippen LogP contribution in [0.4, 0.5) is 0 Å². The van der Waals surface area contributed by atoms with Crippen LogP contribution in [0.2, 0.25) is 0 Å². The van der Waals surface area contributed by atoms with E-state index in [9.17, 15) is 0 Å². The van der Waals surface area contributed by atoms with Gasteiger partial charge in [-0.25, -0.2) is 4.98 Å². The van der Waals surface area contributed by atoms with Gasteiger partial charge in [-0.05, 0) is 18.1 Å². The van der Waals surface area contributed by atoms with Gasteiger partial charge in [0.15, 0.2) is 0 Å². The molecule has 0 bridgehead atoms. The largest absolute Gasteiger partial charge is 0.481 e. The van der Waals surface area contributed by atoms with E-state index < -0.39 is 0 Å². The van der Waals surface area contributed by atoms with Crippen molar-refractivity contribution in [3.63, 3.8) is 0 Å². The van der Waals surface area contributed by atoms with Crippen LogP contribution in [0.5, 0.6) is 5.88 Å². The summed E-state index contributed by atoms with van der Waals surface area (Å²) in [6, 6.07) is 5.97. The first-order chi connectivity index (χ1) is 9.21. The molecule has 1 unspecified atom stereocenters. The van der Waals surface area contributed by atoms with E-state index in [4.69, 9.17) is 10.6 Å². The predicted octanol–water partition coefficient (Wildman–Crippen LogP) is 0.441. The molecule has 2 aromatic heterocycles. The van der Waals surface area contributed by atoms with Crippen LogP contribution in [0, 0.1) is 0 Å². The minimum Gasteiger partial charge on any atom is -0.481 e. The van der Waals surface area contributed by atoms with Crippen LogP contribution < -0.4 is 16.0 Å². The molecule has 2 rings (SSSR count). The molecular weight excluding hydrogens is 242 g/mol. The molecule has 6 nitrogen and oxygen atoms in total. The summed E-state index contributed by atoms with van der Waals surface area (Å²) < 4.78 is 6.82. The third-order valence-corrected chi connectivity index (χ3v) is 2.95. The van der Waals surface area contributed by atoms with Crippen molar-refractivity contribution in [2.24, 2.45) is 12.9 Å². The fourth-order valence-electron chi connectivity index (χ4n) is 1.95. The van der Waals surface area contributed by atoms with Crippen LogP contribution in [0.3, 0.4) is 0 Å². The Hall–Kier alpha value is -1.92. The Bertz CT molecular complexity index is 508. The molecule has 0 saturated carbocycles. The summed E-state index contributed by atoms with van der Waals surface area (Å²) >= 11 is 0. The SMILES string of the molecule is COc1ccc(CC(Cc2ccn(C)n2)NN)cn1. The average Bonchev–Trinajstić information content (AvgIpc) is 2.84. The molecule has 1 atom stereocenters. The number of hydrazine groups is 1. The molecule has 102 valence electrons. The average molecular weight is 261 g/mol. The Balaban J connectivity index is 1.97. The Morgan fingerprint density at radius 2 is 2.21 bits per heavy atom. The molecule has 2 heterocycles. The van der Waals surface area contributed by atoms with Crippen molar-refractivity contribution in [3.05, 3.63) is 41.9 Å². The second kappa shape index (κ2) is 6.31. The molecular formula is C13H19N5O. The van der Waals surface area contributed by atoms with Crippen molar-refractivity contribution in [1.82, 2.24) is 20.2 Å². The fraction of sp³-hybridized carbons (Fsp3) is 0.385. The standard InChI is InChI=1S/C13H19N5O/c1-18-6-5-11(17-18)8-12(16-14)7-10-3-4-13(19-2)15-9-10/h3-6,9,12,16H,7-8,14H2,1-2H3. The van der Waals surface area contributed by atoms with Crippen molar-refractivity contribution >= 4 is 0 Å². The molecule has 0 aliphatic heterocycles. The lowest BCUT2D eigenvalue weighted by molar-refractivity contribution is 0.397. The highest BCUT2D eigenvalue weighted by Crippen LogP contribution is 2.10. The van der Waals surface area contributed by atoms with Gasteiger partial charge in [0.25, 0.3) is 0 Å². The molecule has 0 aliphatic carbocycles. The highest BCUT2D eigenvalue weighted by atomic mass is 16.5. The maximum atomic E-state index is 5.60. The number of aryl methyl sites for hydroxylation is 1. The molecule has 2 aromatic rings. The number of nitrogens with zero attached hydrogens (tertiary/aromatic N) is 3. The van der Waals surface area contributed by atoms with Gasteiger partial charge in [-0.2, -0.15) is 5.10 Å². The first-order valence-corrected chi connectivity index (χ1v) is 6.15. The summed E-state index contributed by atoms with van der Waals surface area (Å²) in [5, 5.41) is 4.35. The van der Waals surface area contributed by atoms with Crippen LogP contribution >= 0.6 is 0 Å². The number of nitrogens with two attached hydrogens (primary N) is 1. The Morgan fingerprint density at radius 3 is 2.74 bits per heavy atom. The minimum atomic E-state index is 0.130. The zero-order valence-electron chi connectivity index (χ0n) is 11.2. The second-order valence-electron chi connectivity index (χ2n) is 4.46. The highest BCUT2D eigenvalue weighted by molar-refractivity contribution is 5.19. The first kappa shape index (κ1) is 13.5. The van der Waals surface area contributed by atoms with Gasteiger partial charge in [0, 0.05) is 38.0 Å². The number of aromatic nitrogens is 3. The maximum Gasteiger partial charge on any atom is 0.212 e. The summed E-state index contributed by atoms with van der Waals surface area (Å²) in [7, 11) is 3.51. The third kappa shape index (κ3) is 3.77. The number of ether oxygens (including phenoxy) is 1. The number of pyridine rings is 1. The molecule has 19 heavy (non-hydrogen) atoms. The van der Waals surface area contributed by atoms with E-state index in [1.165, 1.54) is 0 Å². The van der Waals surface area contributed by atoms with Gasteiger partial charge in [-0.3, -0.25) is 16.0 Å². The molecule has 0 saturated heterocycles. The molecule has 0 radical (unpaired) electrons. The summed E-state index contributed by atoms with van der Waals surface area (Å²) in [5.41, 5.74) is 4.96. The smallest absolute Gasteiger partial charge is 0.212 e.